The molecule has 2 saturated heterocycles. The van der Waals surface area contributed by atoms with Crippen LogP contribution in [0.4, 0.5) is 21.9 Å². The first-order valence-electron chi connectivity index (χ1n) is 17.5. The molecule has 3 aromatic carbocycles. The lowest BCUT2D eigenvalue weighted by molar-refractivity contribution is 0.0374. The molecule has 8 nitrogen and oxygen atoms in total. The monoisotopic (exact) mass is 639 g/mol. The first kappa shape index (κ1) is 34.5. The maximum absolute atomic E-state index is 13.7. The average molecular weight is 640 g/mol. The van der Waals surface area contributed by atoms with Gasteiger partial charge in [0.2, 0.25) is 0 Å². The highest BCUT2D eigenvalue weighted by molar-refractivity contribution is 6.04. The SMILES string of the molecule is CC(C)c1cccc(C(C)C)c1NC(=O)Nc1ccc(N2CCC(Cc3ccccc3)CC2)c(C(=O)NCCCN2CCOCC2)c1. The van der Waals surface area contributed by atoms with Crippen molar-refractivity contribution in [3.63, 3.8) is 0 Å². The van der Waals surface area contributed by atoms with Gasteiger partial charge < -0.3 is 25.6 Å². The molecule has 3 N–H and O–H groups in total. The number of ether oxygens (including phenoxy) is 1. The third-order valence-electron chi connectivity index (χ3n) is 9.47. The van der Waals surface area contributed by atoms with Crippen LogP contribution in [0, 0.1) is 5.92 Å². The first-order chi connectivity index (χ1) is 22.8. The Hall–Kier alpha value is -3.88. The third kappa shape index (κ3) is 9.58. The minimum absolute atomic E-state index is 0.107. The number of morpholine rings is 1. The molecule has 0 radical (unpaired) electrons. The number of amides is 3. The van der Waals surface area contributed by atoms with Crippen molar-refractivity contribution in [3.8, 4) is 0 Å². The molecule has 2 fully saturated rings. The van der Waals surface area contributed by atoms with E-state index in [0.29, 0.717) is 23.7 Å². The van der Waals surface area contributed by atoms with Gasteiger partial charge in [-0.05, 0) is 84.9 Å². The van der Waals surface area contributed by atoms with E-state index in [-0.39, 0.29) is 23.8 Å². The van der Waals surface area contributed by atoms with Crippen LogP contribution in [0.3, 0.4) is 0 Å². The maximum atomic E-state index is 13.7. The molecule has 3 aromatic rings. The van der Waals surface area contributed by atoms with Gasteiger partial charge in [-0.2, -0.15) is 0 Å². The molecular formula is C39H53N5O3. The van der Waals surface area contributed by atoms with Gasteiger partial charge in [-0.25, -0.2) is 4.79 Å². The Morgan fingerprint density at radius 1 is 0.830 bits per heavy atom. The molecule has 0 saturated carbocycles. The molecule has 0 spiro atoms. The summed E-state index contributed by atoms with van der Waals surface area (Å²) in [7, 11) is 0. The number of hydrogen-bond donors (Lipinski definition) is 3. The fraction of sp³-hybridized carbons (Fsp3) is 0.487. The molecule has 2 aliphatic heterocycles. The predicted octanol–water partition coefficient (Wildman–Crippen LogP) is 7.49. The molecular weight excluding hydrogens is 586 g/mol. The zero-order valence-corrected chi connectivity index (χ0v) is 28.7. The van der Waals surface area contributed by atoms with Crippen LogP contribution in [0.25, 0.3) is 0 Å². The quantitative estimate of drug-likeness (QED) is 0.179. The Bertz CT molecular complexity index is 1430. The molecule has 0 aliphatic carbocycles. The fourth-order valence-electron chi connectivity index (χ4n) is 6.79. The summed E-state index contributed by atoms with van der Waals surface area (Å²) < 4.78 is 5.46. The Morgan fingerprint density at radius 2 is 1.51 bits per heavy atom. The summed E-state index contributed by atoms with van der Waals surface area (Å²) in [6, 6.07) is 22.3. The third-order valence-corrected chi connectivity index (χ3v) is 9.47. The summed E-state index contributed by atoms with van der Waals surface area (Å²) in [6.45, 7) is 15.3. The van der Waals surface area contributed by atoms with E-state index in [1.54, 1.807) is 0 Å². The van der Waals surface area contributed by atoms with Crippen LogP contribution in [0.5, 0.6) is 0 Å². The standard InChI is InChI=1S/C39H53N5O3/c1-28(2)33-12-8-13-34(29(3)4)37(33)42-39(46)41-32-14-15-36(44-20-16-31(17-21-44)26-30-10-6-5-7-11-30)35(27-32)38(45)40-18-9-19-43-22-24-47-25-23-43/h5-8,10-15,27-29,31H,9,16-26H2,1-4H3,(H,40,45)(H2,41,42,46). The highest BCUT2D eigenvalue weighted by Gasteiger charge is 2.24. The number of para-hydroxylation sites is 1. The van der Waals surface area contributed by atoms with Crippen LogP contribution in [0.15, 0.2) is 66.7 Å². The van der Waals surface area contributed by atoms with Crippen molar-refractivity contribution in [2.45, 2.75) is 65.2 Å². The molecule has 8 heteroatoms. The number of piperidine rings is 1. The number of carbonyl (C=O) groups is 2. The van der Waals surface area contributed by atoms with E-state index in [1.807, 2.05) is 18.2 Å². The zero-order valence-electron chi connectivity index (χ0n) is 28.7. The summed E-state index contributed by atoms with van der Waals surface area (Å²) >= 11 is 0. The van der Waals surface area contributed by atoms with Crippen molar-refractivity contribution < 1.29 is 14.3 Å². The van der Waals surface area contributed by atoms with Crippen LogP contribution >= 0.6 is 0 Å². The highest BCUT2D eigenvalue weighted by atomic mass is 16.5. The number of carbonyl (C=O) groups excluding carboxylic acids is 2. The minimum Gasteiger partial charge on any atom is -0.379 e. The smallest absolute Gasteiger partial charge is 0.323 e. The summed E-state index contributed by atoms with van der Waals surface area (Å²) in [6.07, 6.45) is 4.11. The van der Waals surface area contributed by atoms with E-state index < -0.39 is 0 Å². The lowest BCUT2D eigenvalue weighted by atomic mass is 9.89. The summed E-state index contributed by atoms with van der Waals surface area (Å²) in [5, 5.41) is 9.33. The van der Waals surface area contributed by atoms with Gasteiger partial charge in [0.1, 0.15) is 0 Å². The normalized spacial score (nSPS) is 16.0. The molecule has 252 valence electrons. The number of rotatable bonds is 12. The van der Waals surface area contributed by atoms with E-state index >= 15 is 0 Å². The second kappa shape index (κ2) is 16.8. The summed E-state index contributed by atoms with van der Waals surface area (Å²) in [5.41, 5.74) is 6.57. The largest absolute Gasteiger partial charge is 0.379 e. The molecule has 3 amide bonds. The van der Waals surface area contributed by atoms with Gasteiger partial charge in [-0.15, -0.1) is 0 Å². The molecule has 2 aliphatic rings. The number of nitrogens with one attached hydrogen (secondary N) is 3. The van der Waals surface area contributed by atoms with Crippen LogP contribution in [0.1, 0.15) is 85.8 Å². The van der Waals surface area contributed by atoms with Crippen LogP contribution in [-0.2, 0) is 11.2 Å². The van der Waals surface area contributed by atoms with Gasteiger partial charge >= 0.3 is 6.03 Å². The van der Waals surface area contributed by atoms with Crippen LogP contribution < -0.4 is 20.9 Å². The summed E-state index contributed by atoms with van der Waals surface area (Å²) in [4.78, 5) is 31.8. The molecule has 0 atom stereocenters. The second-order valence-electron chi connectivity index (χ2n) is 13.6. The van der Waals surface area contributed by atoms with Crippen molar-refractivity contribution in [2.75, 3.05) is 68.0 Å². The van der Waals surface area contributed by atoms with Gasteiger partial charge in [0, 0.05) is 49.8 Å². The van der Waals surface area contributed by atoms with Crippen molar-refractivity contribution in [1.29, 1.82) is 0 Å². The predicted molar refractivity (Wildman–Crippen MR) is 193 cm³/mol. The van der Waals surface area contributed by atoms with Gasteiger partial charge in [-0.1, -0.05) is 76.2 Å². The first-order valence-corrected chi connectivity index (χ1v) is 17.5. The van der Waals surface area contributed by atoms with Crippen LogP contribution in [0.2, 0.25) is 0 Å². The van der Waals surface area contributed by atoms with Gasteiger partial charge in [0.05, 0.1) is 18.8 Å². The molecule has 47 heavy (non-hydrogen) atoms. The fourth-order valence-corrected chi connectivity index (χ4v) is 6.79. The number of hydrogen-bond acceptors (Lipinski definition) is 5. The Morgan fingerprint density at radius 3 is 2.17 bits per heavy atom. The van der Waals surface area contributed by atoms with Gasteiger partial charge in [0.25, 0.3) is 5.91 Å². The van der Waals surface area contributed by atoms with E-state index in [2.05, 4.69) is 102 Å². The van der Waals surface area contributed by atoms with Crippen molar-refractivity contribution >= 4 is 29.0 Å². The number of benzene rings is 3. The van der Waals surface area contributed by atoms with E-state index in [4.69, 9.17) is 4.74 Å². The zero-order chi connectivity index (χ0) is 33.2. The Labute approximate surface area is 281 Å². The molecule has 0 unspecified atom stereocenters. The van der Waals surface area contributed by atoms with Gasteiger partial charge in [0.15, 0.2) is 0 Å². The lowest BCUT2D eigenvalue weighted by Gasteiger charge is -2.35. The van der Waals surface area contributed by atoms with E-state index in [0.717, 1.165) is 94.1 Å². The lowest BCUT2D eigenvalue weighted by Crippen LogP contribution is -2.38. The highest BCUT2D eigenvalue weighted by Crippen LogP contribution is 2.33. The van der Waals surface area contributed by atoms with Crippen molar-refractivity contribution in [3.05, 3.63) is 89.0 Å². The van der Waals surface area contributed by atoms with E-state index in [9.17, 15) is 9.59 Å². The minimum atomic E-state index is -0.314. The summed E-state index contributed by atoms with van der Waals surface area (Å²) in [5.74, 6) is 1.04. The molecule has 2 heterocycles. The molecule has 0 aromatic heterocycles. The Balaban J connectivity index is 1.29. The second-order valence-corrected chi connectivity index (χ2v) is 13.6. The van der Waals surface area contributed by atoms with Crippen molar-refractivity contribution in [2.24, 2.45) is 5.92 Å². The van der Waals surface area contributed by atoms with E-state index in [1.165, 1.54) is 5.56 Å². The molecule has 0 bridgehead atoms. The van der Waals surface area contributed by atoms with Crippen molar-refractivity contribution in [1.82, 2.24) is 10.2 Å². The average Bonchev–Trinajstić information content (AvgIpc) is 3.08. The topological polar surface area (TPSA) is 85.9 Å². The van der Waals surface area contributed by atoms with Gasteiger partial charge in [-0.3, -0.25) is 9.69 Å². The number of urea groups is 1. The number of anilines is 3. The molecule has 5 rings (SSSR count). The maximum Gasteiger partial charge on any atom is 0.323 e. The van der Waals surface area contributed by atoms with Crippen LogP contribution in [-0.4, -0.2) is 69.3 Å². The Kier molecular flexibility index (Phi) is 12.3. The number of nitrogens with zero attached hydrogens (tertiary/aromatic N) is 2.